The van der Waals surface area contributed by atoms with Gasteiger partial charge in [-0.05, 0) is 19.1 Å². The van der Waals surface area contributed by atoms with Crippen LogP contribution in [0.1, 0.15) is 6.92 Å². The van der Waals surface area contributed by atoms with Gasteiger partial charge >= 0.3 is 6.18 Å². The molecule has 0 aromatic carbocycles. The zero-order chi connectivity index (χ0) is 17.5. The van der Waals surface area contributed by atoms with E-state index in [9.17, 15) is 18.0 Å². The Morgan fingerprint density at radius 2 is 2.26 bits per heavy atom. The summed E-state index contributed by atoms with van der Waals surface area (Å²) in [6.07, 6.45) is -0.106. The lowest BCUT2D eigenvalue weighted by Gasteiger charge is -2.22. The summed E-state index contributed by atoms with van der Waals surface area (Å²) in [5.41, 5.74) is 0.548. The molecular formula is C13H14ClF3N4OS. The van der Waals surface area contributed by atoms with Crippen LogP contribution in [0.2, 0.25) is 0 Å². The third kappa shape index (κ3) is 6.91. The van der Waals surface area contributed by atoms with Gasteiger partial charge in [-0.15, -0.1) is 0 Å². The monoisotopic (exact) mass is 366 g/mol. The minimum absolute atomic E-state index is 0.0299. The summed E-state index contributed by atoms with van der Waals surface area (Å²) >= 11 is 5.76. The van der Waals surface area contributed by atoms with Crippen LogP contribution < -0.4 is 5.32 Å². The van der Waals surface area contributed by atoms with Crippen molar-refractivity contribution >= 4 is 39.5 Å². The number of alkyl halides is 3. The summed E-state index contributed by atoms with van der Waals surface area (Å²) in [5, 5.41) is 9.00. The van der Waals surface area contributed by atoms with Crippen LogP contribution in [0.25, 0.3) is 0 Å². The second-order valence-corrected chi connectivity index (χ2v) is 5.45. The molecule has 1 aromatic rings. The lowest BCUT2D eigenvalue weighted by molar-refractivity contribution is -0.105. The van der Waals surface area contributed by atoms with Gasteiger partial charge in [0.05, 0.1) is 23.3 Å². The highest BCUT2D eigenvalue weighted by Crippen LogP contribution is 2.25. The number of nitrogens with one attached hydrogen (secondary N) is 2. The Bertz CT molecular complexity index is 580. The number of hydrogen-bond acceptors (Lipinski definition) is 5. The molecule has 1 amide bonds. The van der Waals surface area contributed by atoms with Gasteiger partial charge in [-0.25, -0.2) is 0 Å². The maximum absolute atomic E-state index is 12.2. The van der Waals surface area contributed by atoms with Gasteiger partial charge in [0.25, 0.3) is 5.24 Å². The molecule has 1 heterocycles. The third-order valence-electron chi connectivity index (χ3n) is 2.45. The van der Waals surface area contributed by atoms with Crippen LogP contribution in [0.3, 0.4) is 0 Å². The van der Waals surface area contributed by atoms with Crippen LogP contribution >= 0.6 is 23.4 Å². The summed E-state index contributed by atoms with van der Waals surface area (Å²) in [4.78, 5) is 16.8. The van der Waals surface area contributed by atoms with Crippen molar-refractivity contribution in [2.75, 3.05) is 17.6 Å². The molecule has 1 rings (SSSR count). The van der Waals surface area contributed by atoms with Crippen molar-refractivity contribution in [2.24, 2.45) is 0 Å². The highest BCUT2D eigenvalue weighted by molar-refractivity contribution is 8.13. The topological polar surface area (TPSA) is 69.1 Å². The average Bonchev–Trinajstić information content (AvgIpc) is 2.49. The number of pyridine rings is 1. The number of anilines is 1. The molecule has 0 aliphatic heterocycles. The first-order valence-electron chi connectivity index (χ1n) is 6.36. The SMILES string of the molecule is CCN(C(=O)SCC(F)(F)F)/C(=C/Nc1cccnc1)C(=N)Cl. The molecule has 0 spiro atoms. The number of amides is 1. The number of allylic oxidation sites excluding steroid dienone is 1. The van der Waals surface area contributed by atoms with E-state index in [2.05, 4.69) is 10.3 Å². The molecular weight excluding hydrogens is 353 g/mol. The Kier molecular flexibility index (Phi) is 7.37. The lowest BCUT2D eigenvalue weighted by Crippen LogP contribution is -2.31. The first kappa shape index (κ1) is 19.3. The standard InChI is InChI=1S/C13H14ClF3N4OS/c1-2-21(12(22)23-8-13(15,16)17)10(11(14)18)7-20-9-4-3-5-19-6-9/h3-7,18,20H,2,8H2,1H3/b10-7+,18-11?. The Balaban J connectivity index is 2.87. The average molecular weight is 367 g/mol. The molecule has 0 saturated carbocycles. The number of aromatic nitrogens is 1. The van der Waals surface area contributed by atoms with Crippen LogP contribution in [0.4, 0.5) is 23.7 Å². The lowest BCUT2D eigenvalue weighted by atomic mass is 10.4. The zero-order valence-corrected chi connectivity index (χ0v) is 13.6. The number of halogens is 4. The summed E-state index contributed by atoms with van der Waals surface area (Å²) in [7, 11) is 0. The van der Waals surface area contributed by atoms with E-state index in [-0.39, 0.29) is 24.0 Å². The van der Waals surface area contributed by atoms with Crippen molar-refractivity contribution in [1.82, 2.24) is 9.88 Å². The van der Waals surface area contributed by atoms with E-state index in [1.807, 2.05) is 0 Å². The van der Waals surface area contributed by atoms with Gasteiger partial charge in [0, 0.05) is 18.9 Å². The Hall–Kier alpha value is -1.74. The van der Waals surface area contributed by atoms with Crippen molar-refractivity contribution < 1.29 is 18.0 Å². The predicted octanol–water partition coefficient (Wildman–Crippen LogP) is 4.29. The van der Waals surface area contributed by atoms with Crippen molar-refractivity contribution in [3.8, 4) is 0 Å². The van der Waals surface area contributed by atoms with Crippen molar-refractivity contribution in [3.05, 3.63) is 36.4 Å². The molecule has 0 unspecified atom stereocenters. The first-order chi connectivity index (χ1) is 10.7. The van der Waals surface area contributed by atoms with E-state index in [0.717, 1.165) is 4.90 Å². The van der Waals surface area contributed by atoms with Gasteiger partial charge in [0.1, 0.15) is 5.17 Å². The van der Waals surface area contributed by atoms with E-state index in [0.29, 0.717) is 5.69 Å². The van der Waals surface area contributed by atoms with Crippen molar-refractivity contribution in [1.29, 1.82) is 5.41 Å². The Morgan fingerprint density at radius 3 is 2.74 bits per heavy atom. The molecule has 0 aliphatic rings. The van der Waals surface area contributed by atoms with E-state index in [1.54, 1.807) is 25.3 Å². The van der Waals surface area contributed by atoms with Gasteiger partial charge < -0.3 is 5.32 Å². The van der Waals surface area contributed by atoms with Crippen LogP contribution in [-0.4, -0.2) is 38.8 Å². The van der Waals surface area contributed by atoms with Gasteiger partial charge in [-0.3, -0.25) is 20.1 Å². The Labute approximate surface area is 140 Å². The molecule has 0 bridgehead atoms. The summed E-state index contributed by atoms with van der Waals surface area (Å²) in [5.74, 6) is -1.30. The number of carbonyl (C=O) groups is 1. The largest absolute Gasteiger partial charge is 0.398 e. The second kappa shape index (κ2) is 8.78. The van der Waals surface area contributed by atoms with Crippen LogP contribution in [-0.2, 0) is 0 Å². The molecule has 5 nitrogen and oxygen atoms in total. The van der Waals surface area contributed by atoms with E-state index in [4.69, 9.17) is 17.0 Å². The molecule has 0 atom stereocenters. The third-order valence-corrected chi connectivity index (χ3v) is 3.58. The molecule has 2 N–H and O–H groups in total. The van der Waals surface area contributed by atoms with Gasteiger partial charge in [-0.2, -0.15) is 13.2 Å². The first-order valence-corrected chi connectivity index (χ1v) is 7.73. The minimum atomic E-state index is -4.45. The summed E-state index contributed by atoms with van der Waals surface area (Å²) < 4.78 is 36.7. The fourth-order valence-electron chi connectivity index (χ4n) is 1.48. The summed E-state index contributed by atoms with van der Waals surface area (Å²) in [6, 6.07) is 3.36. The fourth-order valence-corrected chi connectivity index (χ4v) is 2.31. The summed E-state index contributed by atoms with van der Waals surface area (Å²) in [6.45, 7) is 1.64. The molecule has 0 aliphatic carbocycles. The van der Waals surface area contributed by atoms with E-state index < -0.39 is 22.3 Å². The van der Waals surface area contributed by atoms with Gasteiger partial charge in [0.2, 0.25) is 0 Å². The molecule has 1 aromatic heterocycles. The number of thioether (sulfide) groups is 1. The molecule has 0 fully saturated rings. The van der Waals surface area contributed by atoms with Gasteiger partial charge in [0.15, 0.2) is 0 Å². The van der Waals surface area contributed by atoms with Crippen molar-refractivity contribution in [2.45, 2.75) is 13.1 Å². The maximum atomic E-state index is 12.2. The van der Waals surface area contributed by atoms with E-state index in [1.165, 1.54) is 12.4 Å². The number of rotatable bonds is 6. The number of hydrogen-bond donors (Lipinski definition) is 2. The highest BCUT2D eigenvalue weighted by atomic mass is 35.5. The zero-order valence-electron chi connectivity index (χ0n) is 12.0. The smallest absolute Gasteiger partial charge is 0.358 e. The molecule has 0 saturated heterocycles. The predicted molar refractivity (Wildman–Crippen MR) is 85.8 cm³/mol. The van der Waals surface area contributed by atoms with Crippen LogP contribution in [0.15, 0.2) is 36.4 Å². The molecule has 0 radical (unpaired) electrons. The molecule has 126 valence electrons. The fraction of sp³-hybridized carbons (Fsp3) is 0.308. The van der Waals surface area contributed by atoms with Crippen molar-refractivity contribution in [3.63, 3.8) is 0 Å². The Morgan fingerprint density at radius 1 is 1.57 bits per heavy atom. The highest BCUT2D eigenvalue weighted by Gasteiger charge is 2.30. The number of nitrogens with zero attached hydrogens (tertiary/aromatic N) is 2. The van der Waals surface area contributed by atoms with Crippen LogP contribution in [0.5, 0.6) is 0 Å². The number of carbonyl (C=O) groups excluding carboxylic acids is 1. The minimum Gasteiger partial charge on any atom is -0.358 e. The van der Waals surface area contributed by atoms with E-state index >= 15 is 0 Å². The molecule has 10 heteroatoms. The maximum Gasteiger partial charge on any atom is 0.398 e. The normalized spacial score (nSPS) is 12.0. The van der Waals surface area contributed by atoms with Gasteiger partial charge in [-0.1, -0.05) is 23.4 Å². The van der Waals surface area contributed by atoms with Crippen LogP contribution in [0, 0.1) is 5.41 Å². The molecule has 23 heavy (non-hydrogen) atoms. The quantitative estimate of drug-likeness (QED) is 0.737. The second-order valence-electron chi connectivity index (χ2n) is 4.14.